The van der Waals surface area contributed by atoms with Gasteiger partial charge in [0, 0.05) is 38.9 Å². The molecule has 2 rings (SSSR count). The molecule has 0 bridgehead atoms. The lowest BCUT2D eigenvalue weighted by molar-refractivity contribution is -0.0267. The molecule has 1 saturated heterocycles. The minimum Gasteiger partial charge on any atom is -0.374 e. The minimum absolute atomic E-state index is 0. The molecule has 2 heterocycles. The van der Waals surface area contributed by atoms with Crippen molar-refractivity contribution in [2.24, 2.45) is 5.73 Å². The highest BCUT2D eigenvalue weighted by Gasteiger charge is 2.19. The third-order valence-electron chi connectivity index (χ3n) is 2.98. The van der Waals surface area contributed by atoms with E-state index in [-0.39, 0.29) is 18.5 Å². The second-order valence-corrected chi connectivity index (χ2v) is 4.10. The number of aryl methyl sites for hydroxylation is 1. The maximum Gasteiger partial charge on any atom is 0.0824 e. The molecule has 1 aromatic rings. The van der Waals surface area contributed by atoms with Crippen molar-refractivity contribution in [1.29, 1.82) is 0 Å². The molecule has 17 heavy (non-hydrogen) atoms. The molecule has 98 valence electrons. The molecule has 0 aliphatic carbocycles. The molecule has 5 nitrogen and oxygen atoms in total. The first-order valence-electron chi connectivity index (χ1n) is 5.88. The zero-order valence-corrected chi connectivity index (χ0v) is 11.0. The Bertz CT molecular complexity index is 331. The lowest BCUT2D eigenvalue weighted by Gasteiger charge is -2.32. The van der Waals surface area contributed by atoms with Crippen molar-refractivity contribution < 1.29 is 4.74 Å². The molecule has 1 aliphatic rings. The zero-order chi connectivity index (χ0) is 11.4. The van der Waals surface area contributed by atoms with Crippen molar-refractivity contribution in [2.45, 2.75) is 26.1 Å². The Morgan fingerprint density at radius 1 is 1.59 bits per heavy atom. The number of aromatic nitrogens is 2. The van der Waals surface area contributed by atoms with Gasteiger partial charge in [-0.1, -0.05) is 0 Å². The van der Waals surface area contributed by atoms with Gasteiger partial charge < -0.3 is 10.5 Å². The second kappa shape index (κ2) is 6.96. The molecule has 0 aromatic carbocycles. The van der Waals surface area contributed by atoms with Gasteiger partial charge in [-0.15, -0.1) is 12.4 Å². The third-order valence-corrected chi connectivity index (χ3v) is 2.98. The van der Waals surface area contributed by atoms with E-state index < -0.39 is 0 Å². The van der Waals surface area contributed by atoms with Crippen molar-refractivity contribution in [3.8, 4) is 0 Å². The summed E-state index contributed by atoms with van der Waals surface area (Å²) >= 11 is 0. The fourth-order valence-corrected chi connectivity index (χ4v) is 2.07. The number of ether oxygens (including phenoxy) is 1. The van der Waals surface area contributed by atoms with Gasteiger partial charge in [0.2, 0.25) is 0 Å². The summed E-state index contributed by atoms with van der Waals surface area (Å²) in [6.45, 7) is 7.25. The average Bonchev–Trinajstić information content (AvgIpc) is 2.76. The third kappa shape index (κ3) is 3.67. The van der Waals surface area contributed by atoms with Crippen LogP contribution in [0.2, 0.25) is 0 Å². The minimum atomic E-state index is 0. The predicted octanol–water partition coefficient (Wildman–Crippen LogP) is 0.484. The molecule has 0 radical (unpaired) electrons. The van der Waals surface area contributed by atoms with Crippen LogP contribution < -0.4 is 5.73 Å². The monoisotopic (exact) mass is 260 g/mol. The summed E-state index contributed by atoms with van der Waals surface area (Å²) in [7, 11) is 0. The molecular formula is C11H21ClN4O. The van der Waals surface area contributed by atoms with E-state index in [0.29, 0.717) is 6.54 Å². The topological polar surface area (TPSA) is 56.3 Å². The molecule has 0 saturated carbocycles. The number of morpholine rings is 1. The van der Waals surface area contributed by atoms with Crippen molar-refractivity contribution >= 4 is 12.4 Å². The van der Waals surface area contributed by atoms with E-state index in [9.17, 15) is 0 Å². The molecule has 1 fully saturated rings. The van der Waals surface area contributed by atoms with Crippen LogP contribution in [-0.2, 0) is 17.8 Å². The lowest BCUT2D eigenvalue weighted by atomic mass is 10.2. The summed E-state index contributed by atoms with van der Waals surface area (Å²) in [5, 5.41) is 4.27. The maximum absolute atomic E-state index is 5.63. The van der Waals surface area contributed by atoms with Gasteiger partial charge in [0.15, 0.2) is 0 Å². The highest BCUT2D eigenvalue weighted by molar-refractivity contribution is 5.85. The van der Waals surface area contributed by atoms with E-state index in [4.69, 9.17) is 10.5 Å². The van der Waals surface area contributed by atoms with Crippen molar-refractivity contribution in [3.05, 3.63) is 18.0 Å². The van der Waals surface area contributed by atoms with Gasteiger partial charge in [-0.3, -0.25) is 9.58 Å². The first-order valence-corrected chi connectivity index (χ1v) is 5.88. The lowest BCUT2D eigenvalue weighted by Crippen LogP contribution is -2.45. The van der Waals surface area contributed by atoms with E-state index in [1.54, 1.807) is 0 Å². The SMILES string of the molecule is CCn1nccc1CN1CCOC(CN)C1.Cl. The molecule has 2 N–H and O–H groups in total. The van der Waals surface area contributed by atoms with Crippen LogP contribution >= 0.6 is 12.4 Å². The van der Waals surface area contributed by atoms with Gasteiger partial charge in [0.25, 0.3) is 0 Å². The van der Waals surface area contributed by atoms with Gasteiger partial charge in [0.05, 0.1) is 18.4 Å². The van der Waals surface area contributed by atoms with Crippen LogP contribution in [0.25, 0.3) is 0 Å². The molecule has 1 unspecified atom stereocenters. The highest BCUT2D eigenvalue weighted by Crippen LogP contribution is 2.09. The van der Waals surface area contributed by atoms with Gasteiger partial charge in [0.1, 0.15) is 0 Å². The Hall–Kier alpha value is -0.620. The van der Waals surface area contributed by atoms with Gasteiger partial charge >= 0.3 is 0 Å². The average molecular weight is 261 g/mol. The number of hydrogen-bond donors (Lipinski definition) is 1. The first kappa shape index (κ1) is 14.4. The molecule has 0 spiro atoms. The largest absolute Gasteiger partial charge is 0.374 e. The van der Waals surface area contributed by atoms with E-state index >= 15 is 0 Å². The van der Waals surface area contributed by atoms with Gasteiger partial charge in [-0.25, -0.2) is 0 Å². The van der Waals surface area contributed by atoms with Crippen LogP contribution in [0.1, 0.15) is 12.6 Å². The Labute approximate surface area is 108 Å². The summed E-state index contributed by atoms with van der Waals surface area (Å²) < 4.78 is 7.58. The summed E-state index contributed by atoms with van der Waals surface area (Å²) in [6.07, 6.45) is 2.05. The number of halogens is 1. The smallest absolute Gasteiger partial charge is 0.0824 e. The van der Waals surface area contributed by atoms with Crippen LogP contribution in [0.5, 0.6) is 0 Å². The predicted molar refractivity (Wildman–Crippen MR) is 69.2 cm³/mol. The molecule has 1 aliphatic heterocycles. The van der Waals surface area contributed by atoms with Crippen molar-refractivity contribution in [3.63, 3.8) is 0 Å². The molecule has 1 atom stereocenters. The number of nitrogens with zero attached hydrogens (tertiary/aromatic N) is 3. The highest BCUT2D eigenvalue weighted by atomic mass is 35.5. The maximum atomic E-state index is 5.63. The Balaban J connectivity index is 0.00000144. The van der Waals surface area contributed by atoms with Crippen LogP contribution in [0.3, 0.4) is 0 Å². The van der Waals surface area contributed by atoms with Gasteiger partial charge in [-0.2, -0.15) is 5.10 Å². The molecule has 0 amide bonds. The van der Waals surface area contributed by atoms with E-state index in [0.717, 1.165) is 32.8 Å². The summed E-state index contributed by atoms with van der Waals surface area (Å²) in [5.74, 6) is 0. The fourth-order valence-electron chi connectivity index (χ4n) is 2.07. The Morgan fingerprint density at radius 2 is 2.41 bits per heavy atom. The summed E-state index contributed by atoms with van der Waals surface area (Å²) in [5.41, 5.74) is 6.89. The van der Waals surface area contributed by atoms with Crippen LogP contribution in [0.15, 0.2) is 12.3 Å². The normalized spacial score (nSPS) is 21.2. The molecule has 1 aromatic heterocycles. The summed E-state index contributed by atoms with van der Waals surface area (Å²) in [4.78, 5) is 2.38. The van der Waals surface area contributed by atoms with E-state index in [1.165, 1.54) is 5.69 Å². The van der Waals surface area contributed by atoms with Crippen molar-refractivity contribution in [2.75, 3.05) is 26.2 Å². The standard InChI is InChI=1S/C11H20N4O.ClH/c1-2-15-10(3-4-13-15)8-14-5-6-16-11(7-12)9-14;/h3-4,11H,2,5-9,12H2,1H3;1H. The fraction of sp³-hybridized carbons (Fsp3) is 0.727. The summed E-state index contributed by atoms with van der Waals surface area (Å²) in [6, 6.07) is 2.08. The van der Waals surface area contributed by atoms with Crippen LogP contribution in [0.4, 0.5) is 0 Å². The number of hydrogen-bond acceptors (Lipinski definition) is 4. The quantitative estimate of drug-likeness (QED) is 0.856. The van der Waals surface area contributed by atoms with E-state index in [2.05, 4.69) is 23.0 Å². The number of nitrogens with two attached hydrogens (primary N) is 1. The van der Waals surface area contributed by atoms with Crippen molar-refractivity contribution in [1.82, 2.24) is 14.7 Å². The number of rotatable bonds is 4. The molecule has 6 heteroatoms. The molecular weight excluding hydrogens is 240 g/mol. The van der Waals surface area contributed by atoms with Crippen LogP contribution in [-0.4, -0.2) is 47.0 Å². The Morgan fingerprint density at radius 3 is 3.12 bits per heavy atom. The van der Waals surface area contributed by atoms with E-state index in [1.807, 2.05) is 10.9 Å². The van der Waals surface area contributed by atoms with Gasteiger partial charge in [-0.05, 0) is 13.0 Å². The Kier molecular flexibility index (Phi) is 5.91. The first-order chi connectivity index (χ1) is 7.83. The van der Waals surface area contributed by atoms with Crippen LogP contribution in [0, 0.1) is 0 Å². The second-order valence-electron chi connectivity index (χ2n) is 4.10. The zero-order valence-electron chi connectivity index (χ0n) is 10.2.